The van der Waals surface area contributed by atoms with E-state index in [1.54, 1.807) is 0 Å². The molecular formula is C16H25BrN2O. The Morgan fingerprint density at radius 3 is 2.70 bits per heavy atom. The van der Waals surface area contributed by atoms with E-state index in [0.29, 0.717) is 12.2 Å². The second kappa shape index (κ2) is 7.39. The number of nitrogens with zero attached hydrogens (tertiary/aromatic N) is 2. The van der Waals surface area contributed by atoms with Crippen molar-refractivity contribution in [2.45, 2.75) is 71.8 Å². The van der Waals surface area contributed by atoms with Crippen LogP contribution in [-0.2, 0) is 17.8 Å². The summed E-state index contributed by atoms with van der Waals surface area (Å²) in [5.41, 5.74) is 2.01. The van der Waals surface area contributed by atoms with E-state index in [4.69, 9.17) is 0 Å². The van der Waals surface area contributed by atoms with Gasteiger partial charge in [0.2, 0.25) is 0 Å². The maximum Gasteiger partial charge on any atom is 0.138 e. The fourth-order valence-corrected chi connectivity index (χ4v) is 3.58. The van der Waals surface area contributed by atoms with E-state index in [9.17, 15) is 4.79 Å². The van der Waals surface area contributed by atoms with Crippen molar-refractivity contribution in [1.82, 2.24) is 9.78 Å². The van der Waals surface area contributed by atoms with Gasteiger partial charge in [0.05, 0.1) is 15.9 Å². The van der Waals surface area contributed by atoms with E-state index in [0.717, 1.165) is 41.2 Å². The first-order valence-corrected chi connectivity index (χ1v) is 8.64. The van der Waals surface area contributed by atoms with Gasteiger partial charge in [0.15, 0.2) is 0 Å². The first kappa shape index (κ1) is 15.7. The normalized spacial score (nSPS) is 16.6. The molecule has 0 saturated heterocycles. The van der Waals surface area contributed by atoms with Gasteiger partial charge in [0, 0.05) is 19.4 Å². The zero-order valence-corrected chi connectivity index (χ0v) is 14.2. The largest absolute Gasteiger partial charge is 0.299 e. The third-order valence-electron chi connectivity index (χ3n) is 4.37. The number of aryl methyl sites for hydroxylation is 2. The van der Waals surface area contributed by atoms with Crippen LogP contribution in [0.2, 0.25) is 0 Å². The number of ketones is 1. The van der Waals surface area contributed by atoms with Crippen molar-refractivity contribution in [2.24, 2.45) is 5.92 Å². The van der Waals surface area contributed by atoms with E-state index < -0.39 is 0 Å². The zero-order chi connectivity index (χ0) is 14.5. The maximum atomic E-state index is 12.2. The molecule has 1 heterocycles. The molecule has 1 aromatic rings. The summed E-state index contributed by atoms with van der Waals surface area (Å²) in [5, 5.41) is 4.45. The Morgan fingerprint density at radius 1 is 1.35 bits per heavy atom. The summed E-state index contributed by atoms with van der Waals surface area (Å²) in [5.74, 6) is 1.14. The molecule has 4 heteroatoms. The summed E-state index contributed by atoms with van der Waals surface area (Å²) in [6.07, 6.45) is 9.06. The van der Waals surface area contributed by atoms with Gasteiger partial charge in [-0.2, -0.15) is 5.10 Å². The Labute approximate surface area is 130 Å². The van der Waals surface area contributed by atoms with Crippen LogP contribution in [0.5, 0.6) is 0 Å². The van der Waals surface area contributed by atoms with Crippen molar-refractivity contribution in [3.8, 4) is 0 Å². The highest BCUT2D eigenvalue weighted by atomic mass is 79.9. The summed E-state index contributed by atoms with van der Waals surface area (Å²) in [7, 11) is 0. The molecule has 0 aliphatic heterocycles. The first-order chi connectivity index (χ1) is 9.61. The highest BCUT2D eigenvalue weighted by Gasteiger charge is 2.18. The minimum absolute atomic E-state index is 0.353. The summed E-state index contributed by atoms with van der Waals surface area (Å²) in [4.78, 5) is 12.2. The van der Waals surface area contributed by atoms with Crippen LogP contribution in [0.15, 0.2) is 4.47 Å². The Balaban J connectivity index is 1.87. The smallest absolute Gasteiger partial charge is 0.138 e. The number of carbonyl (C=O) groups is 1. The molecule has 0 unspecified atom stereocenters. The lowest BCUT2D eigenvalue weighted by molar-refractivity contribution is -0.118. The molecule has 0 radical (unpaired) electrons. The maximum absolute atomic E-state index is 12.2. The molecule has 0 aromatic carbocycles. The molecule has 3 nitrogen and oxygen atoms in total. The molecular weight excluding hydrogens is 316 g/mol. The number of Topliss-reactive ketones (excluding diaryl/α,β-unsaturated/α-hetero) is 1. The standard InChI is InChI=1S/C16H25BrN2O/c1-3-19-15(16(17)12(2)18-19)11-14(20)10-9-13-7-5-4-6-8-13/h13H,3-11H2,1-2H3. The second-order valence-electron chi connectivity index (χ2n) is 5.92. The third kappa shape index (κ3) is 3.94. The molecule has 1 aliphatic rings. The van der Waals surface area contributed by atoms with Crippen molar-refractivity contribution >= 4 is 21.7 Å². The fourth-order valence-electron chi connectivity index (χ4n) is 3.15. The molecule has 2 rings (SSSR count). The number of hydrogen-bond donors (Lipinski definition) is 0. The highest BCUT2D eigenvalue weighted by Crippen LogP contribution is 2.28. The average molecular weight is 341 g/mol. The van der Waals surface area contributed by atoms with Crippen molar-refractivity contribution in [3.05, 3.63) is 15.9 Å². The van der Waals surface area contributed by atoms with Crippen LogP contribution in [0.4, 0.5) is 0 Å². The summed E-state index contributed by atoms with van der Waals surface area (Å²) in [6.45, 7) is 4.86. The monoisotopic (exact) mass is 340 g/mol. The number of hydrogen-bond acceptors (Lipinski definition) is 2. The molecule has 20 heavy (non-hydrogen) atoms. The van der Waals surface area contributed by atoms with Crippen LogP contribution in [0, 0.1) is 12.8 Å². The molecule has 0 spiro atoms. The number of rotatable bonds is 6. The van der Waals surface area contributed by atoms with Gasteiger partial charge in [-0.05, 0) is 42.1 Å². The predicted octanol–water partition coefficient (Wildman–Crippen LogP) is 4.45. The van der Waals surface area contributed by atoms with Crippen molar-refractivity contribution in [3.63, 3.8) is 0 Å². The lowest BCUT2D eigenvalue weighted by Gasteiger charge is -2.20. The molecule has 112 valence electrons. The fraction of sp³-hybridized carbons (Fsp3) is 0.750. The van der Waals surface area contributed by atoms with Crippen LogP contribution in [-0.4, -0.2) is 15.6 Å². The van der Waals surface area contributed by atoms with Crippen molar-refractivity contribution in [1.29, 1.82) is 0 Å². The number of aromatic nitrogens is 2. The van der Waals surface area contributed by atoms with Gasteiger partial charge in [-0.3, -0.25) is 9.48 Å². The van der Waals surface area contributed by atoms with Crippen LogP contribution in [0.3, 0.4) is 0 Å². The van der Waals surface area contributed by atoms with Crippen LogP contribution >= 0.6 is 15.9 Å². The van der Waals surface area contributed by atoms with E-state index in [1.807, 2.05) is 11.6 Å². The zero-order valence-electron chi connectivity index (χ0n) is 12.6. The lowest BCUT2D eigenvalue weighted by atomic mass is 9.85. The third-order valence-corrected chi connectivity index (χ3v) is 5.41. The number of halogens is 1. The molecule has 0 N–H and O–H groups in total. The molecule has 1 saturated carbocycles. The van der Waals surface area contributed by atoms with Crippen molar-refractivity contribution < 1.29 is 4.79 Å². The van der Waals surface area contributed by atoms with Crippen molar-refractivity contribution in [2.75, 3.05) is 0 Å². The lowest BCUT2D eigenvalue weighted by Crippen LogP contribution is -2.13. The number of carbonyl (C=O) groups excluding carboxylic acids is 1. The molecule has 1 aromatic heterocycles. The van der Waals surface area contributed by atoms with E-state index in [2.05, 4.69) is 28.0 Å². The van der Waals surface area contributed by atoms with Gasteiger partial charge in [-0.25, -0.2) is 0 Å². The highest BCUT2D eigenvalue weighted by molar-refractivity contribution is 9.10. The summed E-state index contributed by atoms with van der Waals surface area (Å²) >= 11 is 3.56. The molecule has 1 aliphatic carbocycles. The van der Waals surface area contributed by atoms with Crippen LogP contribution in [0.25, 0.3) is 0 Å². The van der Waals surface area contributed by atoms with Crippen LogP contribution < -0.4 is 0 Å². The topological polar surface area (TPSA) is 34.9 Å². The molecule has 0 atom stereocenters. The molecule has 0 bridgehead atoms. The minimum Gasteiger partial charge on any atom is -0.299 e. The molecule has 0 amide bonds. The van der Waals surface area contributed by atoms with E-state index >= 15 is 0 Å². The van der Waals surface area contributed by atoms with Gasteiger partial charge in [-0.15, -0.1) is 0 Å². The summed E-state index contributed by atoms with van der Waals surface area (Å²) in [6, 6.07) is 0. The quantitative estimate of drug-likeness (QED) is 0.766. The molecule has 1 fully saturated rings. The summed E-state index contributed by atoms with van der Waals surface area (Å²) < 4.78 is 2.95. The Hall–Kier alpha value is -0.640. The SMILES string of the molecule is CCn1nc(C)c(Br)c1CC(=O)CCC1CCCCC1. The van der Waals surface area contributed by atoms with Gasteiger partial charge in [-0.1, -0.05) is 32.1 Å². The Bertz CT molecular complexity index is 461. The van der Waals surface area contributed by atoms with Gasteiger partial charge >= 0.3 is 0 Å². The Kier molecular flexibility index (Phi) is 5.82. The van der Waals surface area contributed by atoms with Gasteiger partial charge < -0.3 is 0 Å². The van der Waals surface area contributed by atoms with E-state index in [-0.39, 0.29) is 0 Å². The Morgan fingerprint density at radius 2 is 2.05 bits per heavy atom. The van der Waals surface area contributed by atoms with Gasteiger partial charge in [0.1, 0.15) is 5.78 Å². The van der Waals surface area contributed by atoms with Crippen LogP contribution in [0.1, 0.15) is 63.3 Å². The first-order valence-electron chi connectivity index (χ1n) is 7.85. The minimum atomic E-state index is 0.353. The van der Waals surface area contributed by atoms with E-state index in [1.165, 1.54) is 32.1 Å². The van der Waals surface area contributed by atoms with Gasteiger partial charge in [0.25, 0.3) is 0 Å². The second-order valence-corrected chi connectivity index (χ2v) is 6.71. The predicted molar refractivity (Wildman–Crippen MR) is 84.9 cm³/mol. The average Bonchev–Trinajstić information content (AvgIpc) is 2.74.